The molecule has 0 aromatic heterocycles. The van der Waals surface area contributed by atoms with Gasteiger partial charge in [-0.25, -0.2) is 0 Å². The Morgan fingerprint density at radius 2 is 2.18 bits per heavy atom. The largest absolute Gasteiger partial charge is 0.497 e. The van der Waals surface area contributed by atoms with E-state index in [1.54, 1.807) is 7.11 Å². The predicted octanol–water partition coefficient (Wildman–Crippen LogP) is 1.74. The maximum atomic E-state index is 5.97. The van der Waals surface area contributed by atoms with Crippen molar-refractivity contribution in [1.29, 1.82) is 0 Å². The lowest BCUT2D eigenvalue weighted by molar-refractivity contribution is 0.320. The van der Waals surface area contributed by atoms with Crippen LogP contribution >= 0.6 is 0 Å². The molecule has 17 heavy (non-hydrogen) atoms. The monoisotopic (exact) mass is 234 g/mol. The van der Waals surface area contributed by atoms with Crippen LogP contribution in [0.15, 0.2) is 24.3 Å². The summed E-state index contributed by atoms with van der Waals surface area (Å²) in [7, 11) is 1.71. The summed E-state index contributed by atoms with van der Waals surface area (Å²) in [6, 6.07) is 8.33. The number of nitrogens with two attached hydrogens (primary N) is 1. The predicted molar refractivity (Wildman–Crippen MR) is 70.4 cm³/mol. The molecule has 3 heteroatoms. The van der Waals surface area contributed by atoms with E-state index >= 15 is 0 Å². The van der Waals surface area contributed by atoms with Gasteiger partial charge in [-0.3, -0.25) is 0 Å². The lowest BCUT2D eigenvalue weighted by Crippen LogP contribution is -2.33. The van der Waals surface area contributed by atoms with E-state index in [1.807, 2.05) is 6.07 Å². The average molecular weight is 234 g/mol. The van der Waals surface area contributed by atoms with Crippen molar-refractivity contribution in [3.05, 3.63) is 29.8 Å². The third-order valence-electron chi connectivity index (χ3n) is 3.73. The van der Waals surface area contributed by atoms with E-state index in [1.165, 1.54) is 18.4 Å². The molecule has 0 amide bonds. The highest BCUT2D eigenvalue weighted by atomic mass is 16.5. The summed E-state index contributed by atoms with van der Waals surface area (Å²) >= 11 is 0. The van der Waals surface area contributed by atoms with E-state index in [0.717, 1.165) is 25.4 Å². The molecule has 1 saturated heterocycles. The van der Waals surface area contributed by atoms with Gasteiger partial charge in [0, 0.05) is 0 Å². The third-order valence-corrected chi connectivity index (χ3v) is 3.73. The number of methoxy groups -OCH3 is 1. The van der Waals surface area contributed by atoms with Crippen molar-refractivity contribution in [2.24, 2.45) is 11.7 Å². The van der Waals surface area contributed by atoms with E-state index < -0.39 is 0 Å². The number of piperidine rings is 1. The van der Waals surface area contributed by atoms with Crippen LogP contribution in [0.1, 0.15) is 24.3 Å². The standard InChI is InChI=1S/C14H22N2O/c1-17-13-4-2-3-12(9-13)14(10-15)11-5-7-16-8-6-11/h2-4,9,11,14,16H,5-8,10,15H2,1H3. The molecule has 3 nitrogen and oxygen atoms in total. The van der Waals surface area contributed by atoms with Crippen LogP contribution in [-0.2, 0) is 0 Å². The van der Waals surface area contributed by atoms with Crippen LogP contribution in [0.4, 0.5) is 0 Å². The fourth-order valence-corrected chi connectivity index (χ4v) is 2.72. The molecule has 0 aliphatic carbocycles. The van der Waals surface area contributed by atoms with E-state index in [4.69, 9.17) is 10.5 Å². The van der Waals surface area contributed by atoms with Crippen LogP contribution in [0.2, 0.25) is 0 Å². The van der Waals surface area contributed by atoms with Crippen molar-refractivity contribution in [3.8, 4) is 5.75 Å². The Kier molecular flexibility index (Phi) is 4.40. The van der Waals surface area contributed by atoms with Crippen molar-refractivity contribution in [3.63, 3.8) is 0 Å². The minimum absolute atomic E-state index is 0.465. The Bertz CT molecular complexity index is 348. The van der Waals surface area contributed by atoms with Gasteiger partial charge in [0.2, 0.25) is 0 Å². The summed E-state index contributed by atoms with van der Waals surface area (Å²) in [4.78, 5) is 0. The Morgan fingerprint density at radius 3 is 2.82 bits per heavy atom. The molecule has 94 valence electrons. The molecule has 1 atom stereocenters. The van der Waals surface area contributed by atoms with Gasteiger partial charge in [0.05, 0.1) is 7.11 Å². The van der Waals surface area contributed by atoms with Gasteiger partial charge >= 0.3 is 0 Å². The zero-order valence-corrected chi connectivity index (χ0v) is 10.5. The fraction of sp³-hybridized carbons (Fsp3) is 0.571. The first kappa shape index (κ1) is 12.4. The summed E-state index contributed by atoms with van der Waals surface area (Å²) in [5.74, 6) is 2.09. The van der Waals surface area contributed by atoms with Crippen LogP contribution in [0, 0.1) is 5.92 Å². The van der Waals surface area contributed by atoms with Crippen molar-refractivity contribution < 1.29 is 4.74 Å². The van der Waals surface area contributed by atoms with Crippen LogP contribution in [0.3, 0.4) is 0 Å². The first-order chi connectivity index (χ1) is 8.35. The molecule has 0 saturated carbocycles. The minimum atomic E-state index is 0.465. The molecular weight excluding hydrogens is 212 g/mol. The number of hydrogen-bond acceptors (Lipinski definition) is 3. The molecule has 0 radical (unpaired) electrons. The van der Waals surface area contributed by atoms with E-state index in [0.29, 0.717) is 11.8 Å². The van der Waals surface area contributed by atoms with Crippen LogP contribution in [-0.4, -0.2) is 26.7 Å². The first-order valence-corrected chi connectivity index (χ1v) is 6.40. The van der Waals surface area contributed by atoms with Crippen LogP contribution < -0.4 is 15.8 Å². The minimum Gasteiger partial charge on any atom is -0.497 e. The summed E-state index contributed by atoms with van der Waals surface area (Å²) in [5, 5.41) is 3.40. The van der Waals surface area contributed by atoms with E-state index in [2.05, 4.69) is 23.5 Å². The SMILES string of the molecule is COc1cccc(C(CN)C2CCNCC2)c1. The van der Waals surface area contributed by atoms with Gasteiger partial charge in [0.15, 0.2) is 0 Å². The number of ether oxygens (including phenoxy) is 1. The van der Waals surface area contributed by atoms with Crippen LogP contribution in [0.25, 0.3) is 0 Å². The van der Waals surface area contributed by atoms with Gasteiger partial charge in [0.1, 0.15) is 5.75 Å². The molecule has 1 aromatic carbocycles. The summed E-state index contributed by atoms with van der Waals surface area (Å²) in [6.07, 6.45) is 2.44. The lowest BCUT2D eigenvalue weighted by Gasteiger charge is -2.30. The summed E-state index contributed by atoms with van der Waals surface area (Å²) < 4.78 is 5.28. The fourth-order valence-electron chi connectivity index (χ4n) is 2.72. The smallest absolute Gasteiger partial charge is 0.119 e. The summed E-state index contributed by atoms with van der Waals surface area (Å²) in [6.45, 7) is 2.95. The van der Waals surface area contributed by atoms with Gasteiger partial charge < -0.3 is 15.8 Å². The molecule has 2 rings (SSSR count). The Balaban J connectivity index is 2.15. The van der Waals surface area contributed by atoms with Crippen molar-refractivity contribution >= 4 is 0 Å². The van der Waals surface area contributed by atoms with Gasteiger partial charge in [0.25, 0.3) is 0 Å². The second-order valence-electron chi connectivity index (χ2n) is 4.71. The number of hydrogen-bond donors (Lipinski definition) is 2. The van der Waals surface area contributed by atoms with Crippen LogP contribution in [0.5, 0.6) is 5.75 Å². The molecule has 1 unspecified atom stereocenters. The van der Waals surface area contributed by atoms with Crippen molar-refractivity contribution in [2.45, 2.75) is 18.8 Å². The maximum absolute atomic E-state index is 5.97. The lowest BCUT2D eigenvalue weighted by atomic mass is 9.80. The molecular formula is C14H22N2O. The van der Waals surface area contributed by atoms with Gasteiger partial charge in [-0.05, 0) is 62.0 Å². The topological polar surface area (TPSA) is 47.3 Å². The molecule has 1 heterocycles. The highest BCUT2D eigenvalue weighted by Crippen LogP contribution is 2.31. The first-order valence-electron chi connectivity index (χ1n) is 6.40. The zero-order chi connectivity index (χ0) is 12.1. The maximum Gasteiger partial charge on any atom is 0.119 e. The highest BCUT2D eigenvalue weighted by Gasteiger charge is 2.23. The van der Waals surface area contributed by atoms with Gasteiger partial charge in [-0.2, -0.15) is 0 Å². The van der Waals surface area contributed by atoms with Crippen molar-refractivity contribution in [2.75, 3.05) is 26.7 Å². The Hall–Kier alpha value is -1.06. The molecule has 0 spiro atoms. The normalized spacial score (nSPS) is 18.9. The average Bonchev–Trinajstić information content (AvgIpc) is 2.41. The van der Waals surface area contributed by atoms with Gasteiger partial charge in [-0.15, -0.1) is 0 Å². The molecule has 1 aliphatic heterocycles. The van der Waals surface area contributed by atoms with Crippen molar-refractivity contribution in [1.82, 2.24) is 5.32 Å². The highest BCUT2D eigenvalue weighted by molar-refractivity contribution is 5.31. The van der Waals surface area contributed by atoms with E-state index in [9.17, 15) is 0 Å². The third kappa shape index (κ3) is 2.99. The number of benzene rings is 1. The number of rotatable bonds is 4. The Labute approximate surface area is 103 Å². The van der Waals surface area contributed by atoms with Gasteiger partial charge in [-0.1, -0.05) is 12.1 Å². The molecule has 0 bridgehead atoms. The molecule has 1 aliphatic rings. The second kappa shape index (κ2) is 6.03. The number of nitrogens with one attached hydrogen (secondary N) is 1. The zero-order valence-electron chi connectivity index (χ0n) is 10.5. The summed E-state index contributed by atoms with van der Waals surface area (Å²) in [5.41, 5.74) is 7.28. The molecule has 3 N–H and O–H groups in total. The molecule has 1 fully saturated rings. The van der Waals surface area contributed by atoms with E-state index in [-0.39, 0.29) is 0 Å². The Morgan fingerprint density at radius 1 is 1.41 bits per heavy atom. The second-order valence-corrected chi connectivity index (χ2v) is 4.71. The quantitative estimate of drug-likeness (QED) is 0.834. The molecule has 1 aromatic rings.